The lowest BCUT2D eigenvalue weighted by molar-refractivity contribution is -0.132. The molecule has 0 spiro atoms. The van der Waals surface area contributed by atoms with E-state index in [9.17, 15) is 19.2 Å². The molecule has 3 aromatic rings. The molecule has 0 heterocycles. The number of rotatable bonds is 17. The lowest BCUT2D eigenvalue weighted by Gasteiger charge is -2.26. The van der Waals surface area contributed by atoms with Gasteiger partial charge in [-0.15, -0.1) is 0 Å². The molecule has 48 heavy (non-hydrogen) atoms. The van der Waals surface area contributed by atoms with Crippen molar-refractivity contribution in [2.75, 3.05) is 11.9 Å². The molecule has 8 N–H and O–H groups in total. The minimum atomic E-state index is -0.969. The van der Waals surface area contributed by atoms with E-state index < -0.39 is 41.9 Å². The largest absolute Gasteiger partial charge is 0.445 e. The number of hydrogen-bond acceptors (Lipinski definition) is 6. The van der Waals surface area contributed by atoms with Crippen LogP contribution >= 0.6 is 0 Å². The Labute approximate surface area is 282 Å². The molecule has 258 valence electrons. The van der Waals surface area contributed by atoms with Crippen LogP contribution in [0.5, 0.6) is 0 Å². The molecular weight excluding hydrogens is 610 g/mol. The summed E-state index contributed by atoms with van der Waals surface area (Å²) in [6.45, 7) is 8.03. The minimum absolute atomic E-state index is 0.0279. The summed E-state index contributed by atoms with van der Waals surface area (Å²) in [5, 5.41) is 13.2. The molecule has 3 atom stereocenters. The molecule has 0 saturated heterocycles. The van der Waals surface area contributed by atoms with E-state index in [1.54, 1.807) is 6.07 Å². The van der Waals surface area contributed by atoms with Crippen LogP contribution in [0.3, 0.4) is 0 Å². The molecule has 4 amide bonds. The average molecular weight is 660 g/mol. The third-order valence-electron chi connectivity index (χ3n) is 7.46. The Kier molecular flexibility index (Phi) is 14.7. The highest BCUT2D eigenvalue weighted by atomic mass is 16.5. The van der Waals surface area contributed by atoms with E-state index in [0.29, 0.717) is 24.9 Å². The van der Waals surface area contributed by atoms with Crippen LogP contribution in [-0.4, -0.2) is 54.4 Å². The van der Waals surface area contributed by atoms with Crippen molar-refractivity contribution in [2.24, 2.45) is 28.3 Å². The number of nitrogens with two attached hydrogens (primary N) is 2. The molecule has 0 saturated carbocycles. The Morgan fingerprint density at radius 1 is 0.708 bits per heavy atom. The van der Waals surface area contributed by atoms with Gasteiger partial charge in [-0.05, 0) is 66.0 Å². The molecule has 0 radical (unpaired) electrons. The van der Waals surface area contributed by atoms with Gasteiger partial charge in [0, 0.05) is 12.2 Å². The van der Waals surface area contributed by atoms with Gasteiger partial charge in [-0.3, -0.25) is 19.4 Å². The van der Waals surface area contributed by atoms with Gasteiger partial charge >= 0.3 is 6.09 Å². The number of aliphatic imine (C=N–C) groups is 1. The molecule has 0 fully saturated rings. The number of guanidine groups is 1. The van der Waals surface area contributed by atoms with Crippen molar-refractivity contribution < 1.29 is 23.9 Å². The summed E-state index contributed by atoms with van der Waals surface area (Å²) in [7, 11) is 0. The second kappa shape index (κ2) is 18.9. The lowest BCUT2D eigenvalue weighted by Crippen LogP contribution is -2.56. The molecule has 3 unspecified atom stereocenters. The van der Waals surface area contributed by atoms with Gasteiger partial charge in [0.2, 0.25) is 17.7 Å². The summed E-state index contributed by atoms with van der Waals surface area (Å²) >= 11 is 0. The predicted octanol–water partition coefficient (Wildman–Crippen LogP) is 4.19. The first-order valence-electron chi connectivity index (χ1n) is 16.3. The van der Waals surface area contributed by atoms with E-state index in [0.717, 1.165) is 16.3 Å². The van der Waals surface area contributed by atoms with Crippen molar-refractivity contribution in [1.29, 1.82) is 0 Å². The smallest absolute Gasteiger partial charge is 0.408 e. The number of nitrogens with zero attached hydrogens (tertiary/aromatic N) is 1. The van der Waals surface area contributed by atoms with Crippen molar-refractivity contribution >= 4 is 46.2 Å². The number of hydrogen-bond donors (Lipinski definition) is 6. The van der Waals surface area contributed by atoms with Gasteiger partial charge in [-0.2, -0.15) is 0 Å². The van der Waals surface area contributed by atoms with E-state index in [1.807, 2.05) is 94.4 Å². The Hall–Kier alpha value is -5.13. The first-order chi connectivity index (χ1) is 22.9. The molecule has 0 aliphatic rings. The molecule has 0 aliphatic carbocycles. The number of fused-ring (bicyclic) bond motifs is 1. The van der Waals surface area contributed by atoms with Gasteiger partial charge in [-0.1, -0.05) is 88.4 Å². The zero-order valence-electron chi connectivity index (χ0n) is 28.2. The fourth-order valence-electron chi connectivity index (χ4n) is 5.13. The molecule has 12 heteroatoms. The lowest BCUT2D eigenvalue weighted by atomic mass is 9.99. The topological polar surface area (TPSA) is 190 Å². The summed E-state index contributed by atoms with van der Waals surface area (Å²) in [6, 6.07) is 19.7. The first kappa shape index (κ1) is 37.3. The Bertz CT molecular complexity index is 1540. The van der Waals surface area contributed by atoms with Crippen LogP contribution in [0.1, 0.15) is 58.9 Å². The second-order valence-electron chi connectivity index (χ2n) is 12.6. The van der Waals surface area contributed by atoms with Gasteiger partial charge in [0.15, 0.2) is 5.96 Å². The summed E-state index contributed by atoms with van der Waals surface area (Å²) in [5.74, 6) is -1.44. The van der Waals surface area contributed by atoms with Crippen molar-refractivity contribution in [3.8, 4) is 0 Å². The quantitative estimate of drug-likeness (QED) is 0.0711. The number of amides is 4. The Morgan fingerprint density at radius 3 is 1.92 bits per heavy atom. The number of alkyl carbamates (subject to hydrolysis) is 1. The highest BCUT2D eigenvalue weighted by molar-refractivity contribution is 6.00. The van der Waals surface area contributed by atoms with Crippen molar-refractivity contribution in [2.45, 2.75) is 78.1 Å². The van der Waals surface area contributed by atoms with E-state index in [2.05, 4.69) is 26.3 Å². The van der Waals surface area contributed by atoms with Crippen LogP contribution in [0, 0.1) is 11.8 Å². The standard InChI is InChI=1S/C36H49N7O5/c1-23(2)19-30(42-34(46)31(20-24(3)4)43-36(47)48-22-25-11-6-5-7-12-25)33(45)41-29(15-10-18-39-35(37)38)32(44)40-28-17-16-26-13-8-9-14-27(26)21-28/h5-9,11-14,16-17,21,23-24,29-31H,10,15,18-20,22H2,1-4H3,(H,40,44)(H,41,45)(H,42,46)(H,43,47)(H4,37,38,39). The van der Waals surface area contributed by atoms with Crippen LogP contribution < -0.4 is 32.7 Å². The number of carbonyl (C=O) groups excluding carboxylic acids is 4. The number of anilines is 1. The second-order valence-corrected chi connectivity index (χ2v) is 12.6. The summed E-state index contributed by atoms with van der Waals surface area (Å²) in [5.41, 5.74) is 12.3. The number of ether oxygens (including phenoxy) is 1. The first-order valence-corrected chi connectivity index (χ1v) is 16.3. The predicted molar refractivity (Wildman–Crippen MR) is 189 cm³/mol. The Morgan fingerprint density at radius 2 is 1.29 bits per heavy atom. The normalized spacial score (nSPS) is 12.9. The molecule has 3 rings (SSSR count). The molecule has 12 nitrogen and oxygen atoms in total. The zero-order chi connectivity index (χ0) is 35.1. The molecule has 0 aliphatic heterocycles. The average Bonchev–Trinajstić information content (AvgIpc) is 3.04. The summed E-state index contributed by atoms with van der Waals surface area (Å²) in [6.07, 6.45) is 0.549. The van der Waals surface area contributed by atoms with Gasteiger partial charge < -0.3 is 37.5 Å². The maximum absolute atomic E-state index is 13.7. The van der Waals surface area contributed by atoms with Crippen molar-refractivity contribution in [3.05, 3.63) is 78.4 Å². The fourth-order valence-corrected chi connectivity index (χ4v) is 5.13. The number of benzene rings is 3. The van der Waals surface area contributed by atoms with Crippen molar-refractivity contribution in [1.82, 2.24) is 16.0 Å². The Balaban J connectivity index is 1.73. The van der Waals surface area contributed by atoms with E-state index in [-0.39, 0.29) is 37.4 Å². The number of nitrogens with one attached hydrogen (secondary N) is 4. The van der Waals surface area contributed by atoms with Gasteiger partial charge in [0.1, 0.15) is 24.7 Å². The highest BCUT2D eigenvalue weighted by Gasteiger charge is 2.31. The maximum Gasteiger partial charge on any atom is 0.408 e. The third-order valence-corrected chi connectivity index (χ3v) is 7.46. The summed E-state index contributed by atoms with van der Waals surface area (Å²) in [4.78, 5) is 57.5. The van der Waals surface area contributed by atoms with Crippen LogP contribution in [0.15, 0.2) is 77.8 Å². The van der Waals surface area contributed by atoms with E-state index in [4.69, 9.17) is 16.2 Å². The highest BCUT2D eigenvalue weighted by Crippen LogP contribution is 2.19. The summed E-state index contributed by atoms with van der Waals surface area (Å²) < 4.78 is 5.34. The van der Waals surface area contributed by atoms with Crippen LogP contribution in [-0.2, 0) is 25.7 Å². The van der Waals surface area contributed by atoms with E-state index in [1.165, 1.54) is 0 Å². The molecular formula is C36H49N7O5. The molecule has 0 bridgehead atoms. The maximum atomic E-state index is 13.7. The fraction of sp³-hybridized carbons (Fsp3) is 0.417. The third kappa shape index (κ3) is 12.9. The van der Waals surface area contributed by atoms with Crippen LogP contribution in [0.4, 0.5) is 10.5 Å². The molecule has 3 aromatic carbocycles. The SMILES string of the molecule is CC(C)CC(NC(=O)OCc1ccccc1)C(=O)NC(CC(C)C)C(=O)NC(CCCN=C(N)N)C(=O)Nc1ccc2ccccc2c1. The van der Waals surface area contributed by atoms with Gasteiger partial charge in [0.05, 0.1) is 0 Å². The van der Waals surface area contributed by atoms with Gasteiger partial charge in [-0.25, -0.2) is 4.79 Å². The van der Waals surface area contributed by atoms with Gasteiger partial charge in [0.25, 0.3) is 0 Å². The number of carbonyl (C=O) groups is 4. The monoisotopic (exact) mass is 659 g/mol. The van der Waals surface area contributed by atoms with Crippen LogP contribution in [0.2, 0.25) is 0 Å². The zero-order valence-corrected chi connectivity index (χ0v) is 28.2. The van der Waals surface area contributed by atoms with Crippen molar-refractivity contribution in [3.63, 3.8) is 0 Å². The molecule has 0 aromatic heterocycles. The van der Waals surface area contributed by atoms with E-state index >= 15 is 0 Å². The van der Waals surface area contributed by atoms with Crippen LogP contribution in [0.25, 0.3) is 10.8 Å². The minimum Gasteiger partial charge on any atom is -0.445 e.